The lowest BCUT2D eigenvalue weighted by molar-refractivity contribution is -0.144. The van der Waals surface area contributed by atoms with Crippen LogP contribution in [0.5, 0.6) is 0 Å². The van der Waals surface area contributed by atoms with Gasteiger partial charge in [0.05, 0.1) is 0 Å². The lowest BCUT2D eigenvalue weighted by Crippen LogP contribution is -2.27. The Labute approximate surface area is 109 Å². The molecule has 0 saturated carbocycles. The van der Waals surface area contributed by atoms with Crippen LogP contribution < -0.4 is 16.2 Å². The SMILES string of the molecule is NNc1cc(N2CCCCCC2)nc(C(F)(F)F)n1. The molecular formula is C11H16F3N5. The summed E-state index contributed by atoms with van der Waals surface area (Å²) in [6.07, 6.45) is -0.480. The van der Waals surface area contributed by atoms with Crippen molar-refractivity contribution in [2.24, 2.45) is 5.84 Å². The normalized spacial score (nSPS) is 17.2. The Morgan fingerprint density at radius 2 is 1.74 bits per heavy atom. The molecule has 1 aromatic rings. The number of halogens is 3. The van der Waals surface area contributed by atoms with Crippen LogP contribution in [0.4, 0.5) is 24.8 Å². The maximum Gasteiger partial charge on any atom is 0.451 e. The highest BCUT2D eigenvalue weighted by Crippen LogP contribution is 2.29. The molecule has 1 aliphatic heterocycles. The highest BCUT2D eigenvalue weighted by Gasteiger charge is 2.36. The summed E-state index contributed by atoms with van der Waals surface area (Å²) in [6, 6.07) is 1.44. The van der Waals surface area contributed by atoms with Gasteiger partial charge in [-0.3, -0.25) is 0 Å². The van der Waals surface area contributed by atoms with Crippen LogP contribution in [-0.2, 0) is 6.18 Å². The van der Waals surface area contributed by atoms with Crippen LogP contribution in [0.3, 0.4) is 0 Å². The number of hydrogen-bond acceptors (Lipinski definition) is 5. The van der Waals surface area contributed by atoms with Gasteiger partial charge in [0.25, 0.3) is 0 Å². The van der Waals surface area contributed by atoms with Crippen molar-refractivity contribution in [1.82, 2.24) is 9.97 Å². The minimum atomic E-state index is -4.58. The monoisotopic (exact) mass is 275 g/mol. The van der Waals surface area contributed by atoms with Crippen molar-refractivity contribution in [3.8, 4) is 0 Å². The van der Waals surface area contributed by atoms with Gasteiger partial charge in [0.15, 0.2) is 0 Å². The minimum Gasteiger partial charge on any atom is -0.356 e. The molecule has 5 nitrogen and oxygen atoms in total. The van der Waals surface area contributed by atoms with Gasteiger partial charge in [0.2, 0.25) is 5.82 Å². The van der Waals surface area contributed by atoms with Gasteiger partial charge in [-0.05, 0) is 12.8 Å². The zero-order valence-electron chi connectivity index (χ0n) is 10.4. The van der Waals surface area contributed by atoms with Crippen molar-refractivity contribution >= 4 is 11.6 Å². The molecule has 2 heterocycles. The number of nitrogen functional groups attached to an aromatic ring is 1. The van der Waals surface area contributed by atoms with Gasteiger partial charge in [0.1, 0.15) is 11.6 Å². The quantitative estimate of drug-likeness (QED) is 0.639. The van der Waals surface area contributed by atoms with Crippen LogP contribution in [0, 0.1) is 0 Å². The van der Waals surface area contributed by atoms with E-state index >= 15 is 0 Å². The first-order valence-corrected chi connectivity index (χ1v) is 6.18. The number of nitrogens with zero attached hydrogens (tertiary/aromatic N) is 3. The molecule has 3 N–H and O–H groups in total. The van der Waals surface area contributed by atoms with Crippen LogP contribution in [0.15, 0.2) is 6.07 Å². The number of nitrogens with one attached hydrogen (secondary N) is 1. The topological polar surface area (TPSA) is 67.1 Å². The summed E-state index contributed by atoms with van der Waals surface area (Å²) in [6.45, 7) is 1.41. The Kier molecular flexibility index (Phi) is 4.08. The molecule has 1 fully saturated rings. The van der Waals surface area contributed by atoms with Gasteiger partial charge < -0.3 is 10.3 Å². The summed E-state index contributed by atoms with van der Waals surface area (Å²) in [5, 5.41) is 0. The molecule has 0 spiro atoms. The number of aromatic nitrogens is 2. The molecule has 1 aliphatic rings. The van der Waals surface area contributed by atoms with Crippen LogP contribution in [0.25, 0.3) is 0 Å². The summed E-state index contributed by atoms with van der Waals surface area (Å²) in [7, 11) is 0. The maximum absolute atomic E-state index is 12.7. The van der Waals surface area contributed by atoms with E-state index in [-0.39, 0.29) is 11.6 Å². The van der Waals surface area contributed by atoms with E-state index in [0.29, 0.717) is 13.1 Å². The first-order chi connectivity index (χ1) is 9.00. The van der Waals surface area contributed by atoms with Gasteiger partial charge in [-0.2, -0.15) is 13.2 Å². The molecule has 0 unspecified atom stereocenters. The third-order valence-electron chi connectivity index (χ3n) is 3.04. The molecule has 0 aromatic carbocycles. The van der Waals surface area contributed by atoms with Crippen LogP contribution >= 0.6 is 0 Å². The molecule has 0 atom stereocenters. The van der Waals surface area contributed by atoms with Gasteiger partial charge in [-0.15, -0.1) is 0 Å². The number of anilines is 2. The van der Waals surface area contributed by atoms with E-state index in [9.17, 15) is 13.2 Å². The van der Waals surface area contributed by atoms with E-state index < -0.39 is 12.0 Å². The highest BCUT2D eigenvalue weighted by atomic mass is 19.4. The number of alkyl halides is 3. The zero-order valence-corrected chi connectivity index (χ0v) is 10.4. The number of nitrogens with two attached hydrogens (primary N) is 1. The van der Waals surface area contributed by atoms with E-state index in [1.807, 2.05) is 4.90 Å². The molecule has 8 heteroatoms. The van der Waals surface area contributed by atoms with Crippen molar-refractivity contribution in [2.45, 2.75) is 31.9 Å². The number of hydrogen-bond donors (Lipinski definition) is 2. The van der Waals surface area contributed by atoms with Gasteiger partial charge in [-0.25, -0.2) is 15.8 Å². The molecule has 0 amide bonds. The number of rotatable bonds is 2. The first kappa shape index (κ1) is 13.9. The number of hydrazine groups is 1. The molecular weight excluding hydrogens is 259 g/mol. The second kappa shape index (κ2) is 5.60. The standard InChI is InChI=1S/C11H16F3N5/c12-11(13,14)10-16-8(18-15)7-9(17-10)19-5-3-1-2-4-6-19/h7H,1-6,15H2,(H,16,17,18). The molecule has 0 bridgehead atoms. The average Bonchev–Trinajstić information content (AvgIpc) is 2.66. The second-order valence-electron chi connectivity index (χ2n) is 4.48. The Morgan fingerprint density at radius 1 is 1.11 bits per heavy atom. The van der Waals surface area contributed by atoms with Crippen LogP contribution in [0.1, 0.15) is 31.5 Å². The summed E-state index contributed by atoms with van der Waals surface area (Å²) in [5.41, 5.74) is 2.16. The van der Waals surface area contributed by atoms with Gasteiger partial charge in [-0.1, -0.05) is 12.8 Å². The molecule has 1 saturated heterocycles. The summed E-state index contributed by atoms with van der Waals surface area (Å²) in [5.74, 6) is 4.25. The smallest absolute Gasteiger partial charge is 0.356 e. The molecule has 19 heavy (non-hydrogen) atoms. The van der Waals surface area contributed by atoms with E-state index in [2.05, 4.69) is 15.4 Å². The van der Waals surface area contributed by atoms with Crippen molar-refractivity contribution in [3.63, 3.8) is 0 Å². The van der Waals surface area contributed by atoms with Gasteiger partial charge in [0, 0.05) is 19.2 Å². The Bertz CT molecular complexity index is 427. The second-order valence-corrected chi connectivity index (χ2v) is 4.48. The predicted molar refractivity (Wildman–Crippen MR) is 65.5 cm³/mol. The molecule has 106 valence electrons. The summed E-state index contributed by atoms with van der Waals surface area (Å²) < 4.78 is 38.2. The maximum atomic E-state index is 12.7. The fourth-order valence-corrected chi connectivity index (χ4v) is 2.10. The Morgan fingerprint density at radius 3 is 2.26 bits per heavy atom. The summed E-state index contributed by atoms with van der Waals surface area (Å²) >= 11 is 0. The van der Waals surface area contributed by atoms with E-state index in [0.717, 1.165) is 25.7 Å². The van der Waals surface area contributed by atoms with Crippen molar-refractivity contribution in [1.29, 1.82) is 0 Å². The first-order valence-electron chi connectivity index (χ1n) is 6.18. The third-order valence-corrected chi connectivity index (χ3v) is 3.04. The fraction of sp³-hybridized carbons (Fsp3) is 0.636. The molecule has 1 aromatic heterocycles. The van der Waals surface area contributed by atoms with E-state index in [4.69, 9.17) is 5.84 Å². The summed E-state index contributed by atoms with van der Waals surface area (Å²) in [4.78, 5) is 8.81. The lowest BCUT2D eigenvalue weighted by Gasteiger charge is -2.22. The fourth-order valence-electron chi connectivity index (χ4n) is 2.10. The molecule has 0 radical (unpaired) electrons. The van der Waals surface area contributed by atoms with E-state index in [1.54, 1.807) is 0 Å². The minimum absolute atomic E-state index is 0.0263. The average molecular weight is 275 g/mol. The molecule has 2 rings (SSSR count). The lowest BCUT2D eigenvalue weighted by atomic mass is 10.2. The van der Waals surface area contributed by atoms with Crippen molar-refractivity contribution in [3.05, 3.63) is 11.9 Å². The molecule has 0 aliphatic carbocycles. The predicted octanol–water partition coefficient (Wildman–Crippen LogP) is 2.16. The zero-order chi connectivity index (χ0) is 13.9. The third kappa shape index (κ3) is 3.46. The van der Waals surface area contributed by atoms with Crippen molar-refractivity contribution < 1.29 is 13.2 Å². The van der Waals surface area contributed by atoms with Crippen LogP contribution in [-0.4, -0.2) is 23.1 Å². The van der Waals surface area contributed by atoms with Crippen LogP contribution in [0.2, 0.25) is 0 Å². The largest absolute Gasteiger partial charge is 0.451 e. The Hall–Kier alpha value is -1.57. The highest BCUT2D eigenvalue weighted by molar-refractivity contribution is 5.49. The Balaban J connectivity index is 2.33. The van der Waals surface area contributed by atoms with Crippen molar-refractivity contribution in [2.75, 3.05) is 23.4 Å². The van der Waals surface area contributed by atoms with Gasteiger partial charge >= 0.3 is 6.18 Å². The van der Waals surface area contributed by atoms with E-state index in [1.165, 1.54) is 6.07 Å².